The predicted molar refractivity (Wildman–Crippen MR) is 71.7 cm³/mol. The van der Waals surface area contributed by atoms with E-state index in [0.717, 1.165) is 21.3 Å². The van der Waals surface area contributed by atoms with E-state index < -0.39 is 28.7 Å². The van der Waals surface area contributed by atoms with Crippen LogP contribution in [-0.2, 0) is 20.6 Å². The number of halogens is 3. The molecule has 0 saturated carbocycles. The van der Waals surface area contributed by atoms with Gasteiger partial charge in [-0.1, -0.05) is 11.6 Å². The van der Waals surface area contributed by atoms with E-state index in [1.165, 1.54) is 14.1 Å². The number of hydrogen-bond donors (Lipinski definition) is 0. The van der Waals surface area contributed by atoms with Crippen molar-refractivity contribution in [3.63, 3.8) is 0 Å². The molecule has 2 aromatic rings. The van der Waals surface area contributed by atoms with Crippen molar-refractivity contribution in [3.05, 3.63) is 65.8 Å². The molecule has 1 heterocycles. The van der Waals surface area contributed by atoms with Gasteiger partial charge in [-0.25, -0.2) is 36.9 Å². The Hall–Kier alpha value is -2.22. The highest BCUT2D eigenvalue weighted by Gasteiger charge is 2.14. The van der Waals surface area contributed by atoms with Crippen LogP contribution in [0.4, 0.5) is 8.78 Å². The highest BCUT2D eigenvalue weighted by atomic mass is 35.5. The fourth-order valence-corrected chi connectivity index (χ4v) is 2.03. The average Bonchev–Trinajstić information content (AvgIpc) is 2.44. The third-order valence-electron chi connectivity index (χ3n) is 3.03. The molecule has 0 aliphatic heterocycles. The lowest BCUT2D eigenvalue weighted by Gasteiger charge is -2.10. The monoisotopic (exact) mass is 317 g/mol. The Morgan fingerprint density at radius 3 is 1.95 bits per heavy atom. The van der Waals surface area contributed by atoms with Gasteiger partial charge in [0, 0.05) is 19.1 Å². The molecular formula is C12H10ClF2N3O3. The topological polar surface area (TPSA) is 66.0 Å². The lowest BCUT2D eigenvalue weighted by Crippen LogP contribution is -2.52. The van der Waals surface area contributed by atoms with Gasteiger partial charge < -0.3 is 0 Å². The Morgan fingerprint density at radius 2 is 1.43 bits per heavy atom. The van der Waals surface area contributed by atoms with Crippen molar-refractivity contribution in [1.82, 2.24) is 13.7 Å². The second kappa shape index (κ2) is 5.28. The smallest absolute Gasteiger partial charge is 0.248 e. The van der Waals surface area contributed by atoms with Crippen molar-refractivity contribution in [2.75, 3.05) is 0 Å². The molecule has 0 spiro atoms. The molecule has 0 fully saturated rings. The summed E-state index contributed by atoms with van der Waals surface area (Å²) >= 11 is 5.77. The summed E-state index contributed by atoms with van der Waals surface area (Å²) in [6.45, 7) is -0.379. The van der Waals surface area contributed by atoms with Gasteiger partial charge in [0.05, 0.1) is 6.54 Å². The van der Waals surface area contributed by atoms with E-state index in [0.29, 0.717) is 4.57 Å². The van der Waals surface area contributed by atoms with Crippen LogP contribution in [0.15, 0.2) is 26.5 Å². The van der Waals surface area contributed by atoms with E-state index in [9.17, 15) is 23.2 Å². The van der Waals surface area contributed by atoms with Gasteiger partial charge in [-0.05, 0) is 17.7 Å². The molecule has 0 atom stereocenters. The predicted octanol–water partition coefficient (Wildman–Crippen LogP) is 0.226. The van der Waals surface area contributed by atoms with Crippen molar-refractivity contribution in [2.24, 2.45) is 14.1 Å². The molecule has 0 saturated heterocycles. The summed E-state index contributed by atoms with van der Waals surface area (Å²) in [4.78, 5) is 35.4. The standard InChI is InChI=1S/C12H10ClF2N3O3/c1-16-10(19)17(2)12(21)18(11(16)20)5-6-3-8(14)9(15)4-7(6)13/h3-4H,5H2,1-2H3. The lowest BCUT2D eigenvalue weighted by molar-refractivity contribution is 0.501. The molecule has 112 valence electrons. The Labute approximate surface area is 121 Å². The maximum absolute atomic E-state index is 13.2. The van der Waals surface area contributed by atoms with E-state index in [1.807, 2.05) is 0 Å². The van der Waals surface area contributed by atoms with Crippen molar-refractivity contribution in [3.8, 4) is 0 Å². The van der Waals surface area contributed by atoms with Gasteiger partial charge in [-0.15, -0.1) is 0 Å². The van der Waals surface area contributed by atoms with E-state index in [1.54, 1.807) is 0 Å². The summed E-state index contributed by atoms with van der Waals surface area (Å²) < 4.78 is 28.4. The van der Waals surface area contributed by atoms with Crippen LogP contribution >= 0.6 is 11.6 Å². The van der Waals surface area contributed by atoms with Gasteiger partial charge in [0.25, 0.3) is 0 Å². The minimum Gasteiger partial charge on any atom is -0.248 e. The number of hydrogen-bond acceptors (Lipinski definition) is 3. The molecule has 0 radical (unpaired) electrons. The Balaban J connectivity index is 2.66. The Morgan fingerprint density at radius 1 is 0.952 bits per heavy atom. The highest BCUT2D eigenvalue weighted by Crippen LogP contribution is 2.20. The lowest BCUT2D eigenvalue weighted by atomic mass is 10.2. The quantitative estimate of drug-likeness (QED) is 0.745. The SMILES string of the molecule is Cn1c(=O)n(C)c(=O)n(Cc2cc(F)c(F)cc2Cl)c1=O. The van der Waals surface area contributed by atoms with Gasteiger partial charge >= 0.3 is 17.1 Å². The van der Waals surface area contributed by atoms with Crippen LogP contribution in [0.2, 0.25) is 5.02 Å². The van der Waals surface area contributed by atoms with E-state index in [4.69, 9.17) is 11.6 Å². The summed E-state index contributed by atoms with van der Waals surface area (Å²) in [5.74, 6) is -2.28. The molecule has 1 aromatic heterocycles. The van der Waals surface area contributed by atoms with Crippen LogP contribution in [0.5, 0.6) is 0 Å². The van der Waals surface area contributed by atoms with Crippen molar-refractivity contribution >= 4 is 11.6 Å². The highest BCUT2D eigenvalue weighted by molar-refractivity contribution is 6.31. The van der Waals surface area contributed by atoms with Crippen LogP contribution in [0, 0.1) is 11.6 Å². The molecule has 0 aliphatic carbocycles. The summed E-state index contributed by atoms with van der Waals surface area (Å²) in [5.41, 5.74) is -2.47. The molecular weight excluding hydrogens is 308 g/mol. The molecule has 2 rings (SSSR count). The van der Waals surface area contributed by atoms with Crippen LogP contribution < -0.4 is 17.1 Å². The molecule has 0 bridgehead atoms. The zero-order valence-corrected chi connectivity index (χ0v) is 11.8. The molecule has 0 N–H and O–H groups in total. The molecule has 0 aliphatic rings. The normalized spacial score (nSPS) is 10.9. The third-order valence-corrected chi connectivity index (χ3v) is 3.38. The van der Waals surface area contributed by atoms with Gasteiger partial charge in [-0.2, -0.15) is 0 Å². The summed E-state index contributed by atoms with van der Waals surface area (Å²) in [6.07, 6.45) is 0. The van der Waals surface area contributed by atoms with Crippen molar-refractivity contribution in [1.29, 1.82) is 0 Å². The van der Waals surface area contributed by atoms with Gasteiger partial charge in [0.15, 0.2) is 11.6 Å². The van der Waals surface area contributed by atoms with E-state index in [-0.39, 0.29) is 17.1 Å². The number of rotatable bonds is 2. The van der Waals surface area contributed by atoms with Gasteiger partial charge in [-0.3, -0.25) is 0 Å². The molecule has 1 aromatic carbocycles. The van der Waals surface area contributed by atoms with E-state index in [2.05, 4.69) is 0 Å². The number of aromatic nitrogens is 3. The summed E-state index contributed by atoms with van der Waals surface area (Å²) in [7, 11) is 2.40. The third kappa shape index (κ3) is 2.54. The first-order valence-electron chi connectivity index (χ1n) is 5.74. The fraction of sp³-hybridized carbons (Fsp3) is 0.250. The van der Waals surface area contributed by atoms with Crippen molar-refractivity contribution < 1.29 is 8.78 Å². The summed E-state index contributed by atoms with van der Waals surface area (Å²) in [6, 6.07) is 1.55. The van der Waals surface area contributed by atoms with Gasteiger partial charge in [0.2, 0.25) is 0 Å². The Bertz CT molecular complexity index is 858. The number of benzene rings is 1. The average molecular weight is 318 g/mol. The number of nitrogens with zero attached hydrogens (tertiary/aromatic N) is 3. The van der Waals surface area contributed by atoms with Crippen LogP contribution in [0.1, 0.15) is 5.56 Å². The molecule has 0 unspecified atom stereocenters. The van der Waals surface area contributed by atoms with Crippen molar-refractivity contribution in [2.45, 2.75) is 6.54 Å². The Kier molecular flexibility index (Phi) is 3.82. The second-order valence-corrected chi connectivity index (χ2v) is 4.82. The zero-order valence-electron chi connectivity index (χ0n) is 11.1. The first kappa shape index (κ1) is 15.2. The van der Waals surface area contributed by atoms with Crippen LogP contribution in [0.3, 0.4) is 0 Å². The maximum Gasteiger partial charge on any atom is 0.336 e. The maximum atomic E-state index is 13.2. The summed E-state index contributed by atoms with van der Waals surface area (Å²) in [5, 5.41) is -0.128. The molecule has 9 heteroatoms. The molecule has 0 amide bonds. The first-order chi connectivity index (χ1) is 9.73. The molecule has 21 heavy (non-hydrogen) atoms. The van der Waals surface area contributed by atoms with E-state index >= 15 is 0 Å². The largest absolute Gasteiger partial charge is 0.336 e. The zero-order chi connectivity index (χ0) is 15.9. The van der Waals surface area contributed by atoms with Gasteiger partial charge in [0.1, 0.15) is 0 Å². The minimum atomic E-state index is -1.15. The first-order valence-corrected chi connectivity index (χ1v) is 6.12. The van der Waals surface area contributed by atoms with Crippen LogP contribution in [-0.4, -0.2) is 13.7 Å². The molecule has 6 nitrogen and oxygen atoms in total. The van der Waals surface area contributed by atoms with Crippen LogP contribution in [0.25, 0.3) is 0 Å². The minimum absolute atomic E-state index is 0.0495. The second-order valence-electron chi connectivity index (χ2n) is 4.41. The fourth-order valence-electron chi connectivity index (χ4n) is 1.82.